The molecule has 7 atom stereocenters. The highest BCUT2D eigenvalue weighted by atomic mass is 16.6. The first-order chi connectivity index (χ1) is 12.2. The molecule has 0 bridgehead atoms. The first-order valence-electron chi connectivity index (χ1n) is 9.02. The molecule has 3 N–H and O–H groups in total. The van der Waals surface area contributed by atoms with Crippen molar-refractivity contribution in [1.82, 2.24) is 0 Å². The van der Waals surface area contributed by atoms with Gasteiger partial charge in [0.15, 0.2) is 0 Å². The van der Waals surface area contributed by atoms with Gasteiger partial charge in [-0.15, -0.1) is 0 Å². The summed E-state index contributed by atoms with van der Waals surface area (Å²) in [5, 5.41) is 31.5. The molecule has 2 fully saturated rings. The van der Waals surface area contributed by atoms with E-state index in [-0.39, 0.29) is 18.3 Å². The standard InChI is InChI=1S/C19H24O7/c1-8(7-20)14-12-9(6-11(22)25-14)19(3)10(21)4-5-18(2)16(19)15(13(12)23)26-17(18)24/h6,8,10,13,15-16,20-21,23H,4-5,7H2,1-3H3/t8-,10+,13+,15-,16+,18-,19-/m0/s1. The van der Waals surface area contributed by atoms with E-state index < -0.39 is 46.6 Å². The SMILES string of the molecule is C[C@@H](CO)c1oc(=O)cc2c1[C@@H](O)[C@@H]1OC(=O)[C@@]3(C)CC[C@@H](O)[C@@]2(C)[C@H]13. The number of hydrogen-bond donors (Lipinski definition) is 3. The Morgan fingerprint density at radius 1 is 1.31 bits per heavy atom. The van der Waals surface area contributed by atoms with Crippen LogP contribution in [0.15, 0.2) is 15.3 Å². The number of carbonyl (C=O) groups excluding carboxylic acids is 1. The predicted octanol–water partition coefficient (Wildman–Crippen LogP) is 0.743. The van der Waals surface area contributed by atoms with Crippen LogP contribution in [0.3, 0.4) is 0 Å². The third-order valence-corrected chi connectivity index (χ3v) is 6.94. The largest absolute Gasteiger partial charge is 0.458 e. The van der Waals surface area contributed by atoms with Crippen LogP contribution in [0.4, 0.5) is 0 Å². The second kappa shape index (κ2) is 5.41. The van der Waals surface area contributed by atoms with Gasteiger partial charge in [0.05, 0.1) is 18.1 Å². The van der Waals surface area contributed by atoms with E-state index in [1.807, 2.05) is 13.8 Å². The fourth-order valence-electron chi connectivity index (χ4n) is 5.50. The van der Waals surface area contributed by atoms with E-state index in [9.17, 15) is 24.9 Å². The van der Waals surface area contributed by atoms with Crippen molar-refractivity contribution in [2.24, 2.45) is 11.3 Å². The van der Waals surface area contributed by atoms with Gasteiger partial charge in [-0.2, -0.15) is 0 Å². The Morgan fingerprint density at radius 3 is 2.65 bits per heavy atom. The zero-order valence-electron chi connectivity index (χ0n) is 15.1. The molecule has 0 amide bonds. The quantitative estimate of drug-likeness (QED) is 0.663. The average molecular weight is 364 g/mol. The molecular weight excluding hydrogens is 340 g/mol. The Morgan fingerprint density at radius 2 is 2.00 bits per heavy atom. The lowest BCUT2D eigenvalue weighted by Crippen LogP contribution is -2.60. The van der Waals surface area contributed by atoms with Gasteiger partial charge in [-0.3, -0.25) is 4.79 Å². The van der Waals surface area contributed by atoms with Crippen LogP contribution in [0.1, 0.15) is 62.5 Å². The van der Waals surface area contributed by atoms with E-state index in [1.54, 1.807) is 6.92 Å². The summed E-state index contributed by atoms with van der Waals surface area (Å²) >= 11 is 0. The average Bonchev–Trinajstić information content (AvgIpc) is 2.88. The van der Waals surface area contributed by atoms with Crippen molar-refractivity contribution in [1.29, 1.82) is 0 Å². The van der Waals surface area contributed by atoms with Crippen LogP contribution < -0.4 is 5.63 Å². The fraction of sp³-hybridized carbons (Fsp3) is 0.684. The highest BCUT2D eigenvalue weighted by Crippen LogP contribution is 2.63. The molecule has 0 aromatic carbocycles. The molecule has 3 aliphatic rings. The maximum atomic E-state index is 12.6. The number of aliphatic hydroxyl groups excluding tert-OH is 3. The summed E-state index contributed by atoms with van der Waals surface area (Å²) in [4.78, 5) is 24.8. The van der Waals surface area contributed by atoms with Crippen molar-refractivity contribution in [3.63, 3.8) is 0 Å². The molecule has 2 aliphatic carbocycles. The maximum Gasteiger partial charge on any atom is 0.336 e. The van der Waals surface area contributed by atoms with E-state index in [2.05, 4.69) is 0 Å². The summed E-state index contributed by atoms with van der Waals surface area (Å²) in [6, 6.07) is 1.31. The predicted molar refractivity (Wildman–Crippen MR) is 89.5 cm³/mol. The number of esters is 1. The molecule has 7 nitrogen and oxygen atoms in total. The highest BCUT2D eigenvalue weighted by molar-refractivity contribution is 5.81. The molecule has 0 unspecified atom stereocenters. The van der Waals surface area contributed by atoms with Crippen LogP contribution in [0.5, 0.6) is 0 Å². The summed E-state index contributed by atoms with van der Waals surface area (Å²) in [5.74, 6) is -1.16. The van der Waals surface area contributed by atoms with Crippen LogP contribution >= 0.6 is 0 Å². The lowest BCUT2D eigenvalue weighted by molar-refractivity contribution is -0.151. The molecule has 0 radical (unpaired) electrons. The highest BCUT2D eigenvalue weighted by Gasteiger charge is 2.69. The van der Waals surface area contributed by atoms with Crippen molar-refractivity contribution in [3.05, 3.63) is 33.4 Å². The first-order valence-corrected chi connectivity index (χ1v) is 9.02. The van der Waals surface area contributed by atoms with Crippen molar-refractivity contribution in [2.75, 3.05) is 6.61 Å². The Kier molecular flexibility index (Phi) is 3.68. The van der Waals surface area contributed by atoms with Gasteiger partial charge >= 0.3 is 11.6 Å². The van der Waals surface area contributed by atoms with Gasteiger partial charge in [0.2, 0.25) is 0 Å². The van der Waals surface area contributed by atoms with Crippen molar-refractivity contribution < 1.29 is 29.3 Å². The molecule has 7 heteroatoms. The normalized spacial score (nSPS) is 42.0. The van der Waals surface area contributed by atoms with Crippen LogP contribution in [0.25, 0.3) is 0 Å². The Bertz CT molecular complexity index is 830. The van der Waals surface area contributed by atoms with Gasteiger partial charge in [-0.25, -0.2) is 4.79 Å². The lowest BCUT2D eigenvalue weighted by Gasteiger charge is -2.54. The maximum absolute atomic E-state index is 12.6. The Balaban J connectivity index is 2.05. The molecule has 142 valence electrons. The van der Waals surface area contributed by atoms with Crippen LogP contribution in [0.2, 0.25) is 0 Å². The molecule has 26 heavy (non-hydrogen) atoms. The number of ether oxygens (including phenoxy) is 1. The molecule has 1 aromatic heterocycles. The minimum absolute atomic E-state index is 0.185. The molecule has 0 spiro atoms. The van der Waals surface area contributed by atoms with E-state index in [0.29, 0.717) is 24.0 Å². The zero-order valence-corrected chi connectivity index (χ0v) is 15.1. The van der Waals surface area contributed by atoms with E-state index in [4.69, 9.17) is 9.15 Å². The van der Waals surface area contributed by atoms with Gasteiger partial charge in [-0.1, -0.05) is 13.8 Å². The van der Waals surface area contributed by atoms with Crippen LogP contribution in [-0.4, -0.2) is 40.1 Å². The van der Waals surface area contributed by atoms with Crippen LogP contribution in [0, 0.1) is 11.3 Å². The van der Waals surface area contributed by atoms with E-state index in [1.165, 1.54) is 6.07 Å². The lowest BCUT2D eigenvalue weighted by atomic mass is 9.48. The summed E-state index contributed by atoms with van der Waals surface area (Å²) in [7, 11) is 0. The minimum atomic E-state index is -1.17. The van der Waals surface area contributed by atoms with Crippen molar-refractivity contribution in [3.8, 4) is 0 Å². The summed E-state index contributed by atoms with van der Waals surface area (Å²) in [6.45, 7) is 5.05. The van der Waals surface area contributed by atoms with Gasteiger partial charge in [0.25, 0.3) is 0 Å². The first kappa shape index (κ1) is 17.7. The number of hydrogen-bond acceptors (Lipinski definition) is 7. The van der Waals surface area contributed by atoms with Crippen molar-refractivity contribution in [2.45, 2.75) is 63.3 Å². The molecular formula is C19H24O7. The minimum Gasteiger partial charge on any atom is -0.458 e. The van der Waals surface area contributed by atoms with Crippen LogP contribution in [-0.2, 0) is 14.9 Å². The molecule has 1 aromatic rings. The van der Waals surface area contributed by atoms with Gasteiger partial charge < -0.3 is 24.5 Å². The number of carbonyl (C=O) groups is 1. The fourth-order valence-corrected chi connectivity index (χ4v) is 5.50. The van der Waals surface area contributed by atoms with E-state index >= 15 is 0 Å². The second-order valence-corrected chi connectivity index (χ2v) is 8.39. The summed E-state index contributed by atoms with van der Waals surface area (Å²) in [6.07, 6.45) is -1.92. The molecule has 2 heterocycles. The topological polar surface area (TPSA) is 117 Å². The number of fused-ring (bicyclic) bond motifs is 2. The monoisotopic (exact) mass is 364 g/mol. The van der Waals surface area contributed by atoms with Crippen molar-refractivity contribution >= 4 is 5.97 Å². The van der Waals surface area contributed by atoms with Gasteiger partial charge in [0.1, 0.15) is 18.0 Å². The van der Waals surface area contributed by atoms with Gasteiger partial charge in [-0.05, 0) is 25.3 Å². The zero-order chi connectivity index (χ0) is 19.0. The Hall–Kier alpha value is -1.70. The smallest absolute Gasteiger partial charge is 0.336 e. The van der Waals surface area contributed by atoms with Gasteiger partial charge in [0, 0.05) is 28.9 Å². The molecule has 1 saturated carbocycles. The molecule has 1 saturated heterocycles. The third-order valence-electron chi connectivity index (χ3n) is 6.94. The molecule has 1 aliphatic heterocycles. The molecule has 4 rings (SSSR count). The Labute approximate surface area is 150 Å². The second-order valence-electron chi connectivity index (χ2n) is 8.39. The number of rotatable bonds is 2. The summed E-state index contributed by atoms with van der Waals surface area (Å²) in [5.41, 5.74) is -1.51. The number of aliphatic hydroxyl groups is 3. The van der Waals surface area contributed by atoms with E-state index in [0.717, 1.165) is 0 Å². The summed E-state index contributed by atoms with van der Waals surface area (Å²) < 4.78 is 10.9. The third kappa shape index (κ3) is 1.94.